The lowest BCUT2D eigenvalue weighted by atomic mass is 9.95. The van der Waals surface area contributed by atoms with Crippen LogP contribution >= 0.6 is 23.5 Å². The lowest BCUT2D eigenvalue weighted by Gasteiger charge is -2.36. The van der Waals surface area contributed by atoms with Gasteiger partial charge in [-0.2, -0.15) is 23.5 Å². The number of hydrogen-bond acceptors (Lipinski definition) is 14. The summed E-state index contributed by atoms with van der Waals surface area (Å²) in [5.41, 5.74) is 10.3. The number of fused-ring (bicyclic) bond motifs is 5. The Morgan fingerprint density at radius 1 is 0.643 bits per heavy atom. The lowest BCUT2D eigenvalue weighted by Crippen LogP contribution is -2.62. The summed E-state index contributed by atoms with van der Waals surface area (Å²) >= 11 is 3.40. The number of aryl methyl sites for hydroxylation is 1. The summed E-state index contributed by atoms with van der Waals surface area (Å²) in [6.07, 6.45) is 6.86. The zero-order valence-electron chi connectivity index (χ0n) is 55.0. The number of imidazole rings is 1. The molecule has 1 saturated heterocycles. The van der Waals surface area contributed by atoms with Crippen molar-refractivity contribution in [2.45, 2.75) is 151 Å². The summed E-state index contributed by atoms with van der Waals surface area (Å²) in [5.74, 6) is -6.41. The van der Waals surface area contributed by atoms with Crippen molar-refractivity contribution in [3.05, 3.63) is 161 Å². The summed E-state index contributed by atoms with van der Waals surface area (Å²) in [5, 5.41) is 33.6. The minimum Gasteiger partial charge on any atom is -0.481 e. The number of benzene rings is 4. The van der Waals surface area contributed by atoms with Crippen LogP contribution in [0, 0.1) is 18.6 Å². The van der Waals surface area contributed by atoms with E-state index < -0.39 is 120 Å². The average Bonchev–Trinajstić information content (AvgIpc) is 1.58. The largest absolute Gasteiger partial charge is 0.481 e. The second-order valence-corrected chi connectivity index (χ2v) is 27.4. The number of carboxylic acid groups (broad SMARTS) is 1. The molecule has 3 aromatic heterocycles. The number of H-pyrrole nitrogens is 3. The van der Waals surface area contributed by atoms with E-state index >= 15 is 19.2 Å². The molecule has 5 heterocycles. The predicted octanol–water partition coefficient (Wildman–Crippen LogP) is 4.79. The molecule has 2 aliphatic heterocycles. The number of carboxylic acids is 1. The number of rotatable bonds is 14. The minimum absolute atomic E-state index is 0.0408. The normalized spacial score (nSPS) is 23.2. The van der Waals surface area contributed by atoms with Crippen LogP contribution in [0.1, 0.15) is 97.9 Å². The Kier molecular flexibility index (Phi) is 26.0. The number of nitrogens with one attached hydrogen (secondary N) is 11. The highest BCUT2D eigenvalue weighted by atomic mass is 32.2. The number of aromatic nitrogens is 4. The molecule has 522 valence electrons. The van der Waals surface area contributed by atoms with E-state index in [9.17, 15) is 37.9 Å². The number of aromatic amines is 3. The van der Waals surface area contributed by atoms with Crippen LogP contribution in [0.15, 0.2) is 110 Å². The van der Waals surface area contributed by atoms with Crippen molar-refractivity contribution in [3.8, 4) is 0 Å². The molecule has 8 amide bonds. The van der Waals surface area contributed by atoms with Gasteiger partial charge in [0.05, 0.1) is 24.5 Å². The van der Waals surface area contributed by atoms with Gasteiger partial charge in [-0.3, -0.25) is 43.2 Å². The van der Waals surface area contributed by atoms with Crippen LogP contribution in [0.3, 0.4) is 0 Å². The molecule has 0 spiro atoms. The van der Waals surface area contributed by atoms with Gasteiger partial charge in [0.1, 0.15) is 53.4 Å². The Labute approximate surface area is 574 Å². The van der Waals surface area contributed by atoms with E-state index in [4.69, 9.17) is 5.73 Å². The third kappa shape index (κ3) is 20.0. The molecule has 28 heteroatoms. The van der Waals surface area contributed by atoms with Crippen LogP contribution in [0.4, 0.5) is 8.78 Å². The van der Waals surface area contributed by atoms with Crippen LogP contribution in [0.5, 0.6) is 0 Å². The molecule has 98 heavy (non-hydrogen) atoms. The third-order valence-electron chi connectivity index (χ3n) is 17.7. The fourth-order valence-corrected chi connectivity index (χ4v) is 14.0. The minimum atomic E-state index is -1.97. The zero-order valence-corrected chi connectivity index (χ0v) is 56.7. The maximum Gasteiger partial charge on any atom is 0.305 e. The fourth-order valence-electron chi connectivity index (χ4n) is 12.3. The van der Waals surface area contributed by atoms with Gasteiger partial charge in [-0.05, 0) is 136 Å². The number of thioether (sulfide) groups is 2. The molecule has 2 bridgehead atoms. The Morgan fingerprint density at radius 2 is 1.21 bits per heavy atom. The SMILES string of the molecule is Cc1ccc(C[C@@H]2NC(=O)[C@H](Cc3c[nH]cn3)NC(=O)[C@H](CC(=O)O)NC(=O)[C@H](Cc3c[nH]c4ccc(F)cc34)NC(=O)[C@H](Cc3c[nH]c4ccc(F)cc34)NC(=O)[C@@H](C)NC(=O)[C@H](CCCCN)NCCCSCc3cccc(c3)CSCCNC(=O)[C@]3(C)CCCN3C2=O)cc1. The molecule has 14 N–H and O–H groups in total. The molecule has 0 unspecified atom stereocenters. The number of unbranched alkanes of at least 4 members (excludes halogenated alkanes) is 1. The summed E-state index contributed by atoms with van der Waals surface area (Å²) in [6.45, 7) is 6.43. The van der Waals surface area contributed by atoms with E-state index in [2.05, 4.69) is 80.7 Å². The van der Waals surface area contributed by atoms with Crippen LogP contribution in [0.2, 0.25) is 0 Å². The molecule has 1 fully saturated rings. The van der Waals surface area contributed by atoms with Crippen LogP contribution < -0.4 is 48.3 Å². The summed E-state index contributed by atoms with van der Waals surface area (Å²) in [7, 11) is 0. The molecule has 0 aliphatic carbocycles. The van der Waals surface area contributed by atoms with E-state index in [0.29, 0.717) is 108 Å². The number of carbonyl (C=O) groups is 9. The quantitative estimate of drug-likeness (QED) is 0.0651. The first kappa shape index (κ1) is 73.1. The topological polar surface area (TPSA) is 360 Å². The second kappa shape index (κ2) is 34.9. The fraction of sp³-hybridized carbons (Fsp3) is 0.429. The highest BCUT2D eigenvalue weighted by Gasteiger charge is 2.48. The van der Waals surface area contributed by atoms with Crippen molar-refractivity contribution in [2.24, 2.45) is 5.73 Å². The van der Waals surface area contributed by atoms with Gasteiger partial charge >= 0.3 is 5.97 Å². The number of nitrogens with zero attached hydrogens (tertiary/aromatic N) is 2. The first-order chi connectivity index (χ1) is 47.1. The Morgan fingerprint density at radius 3 is 1.82 bits per heavy atom. The van der Waals surface area contributed by atoms with Gasteiger partial charge in [0.15, 0.2) is 0 Å². The smallest absolute Gasteiger partial charge is 0.305 e. The standard InChI is InChI=1S/C70H86F2N14O10S2/c1-41-12-14-43(15-13-41)28-60-68(95)86-24-7-20-70(86,3)69(96)76-23-26-98-39-45-10-6-9-44(27-45)38-97-25-8-22-75-55(11-4-5-21-73)63(90)80-42(2)62(89)81-56(29-46-35-77-53-18-16-48(71)31-51(46)53)64(91)82-57(30-47-36-78-54-19-17-49(72)32-52(47)54)65(92)84-59(34-61(87)88)67(94)83-58(66(93)85-60)33-50-37-74-40-79-50/h6,9-10,12-19,27,31-32,35-37,40,42,55-60,75,77-78H,4-5,7-8,11,20-26,28-30,33-34,38-39,73H2,1-3H3,(H,74,79)(H,76,96)(H,80,90)(H,81,89)(H,82,91)(H,83,94)(H,84,92)(H,85,93)(H,87,88)/t42-,55+,56+,57+,58+,59+,60+,70+/m1/s1. The van der Waals surface area contributed by atoms with Gasteiger partial charge in [0.2, 0.25) is 47.3 Å². The number of hydrogen-bond donors (Lipinski definition) is 13. The Bertz CT molecular complexity index is 3950. The van der Waals surface area contributed by atoms with E-state index in [1.165, 1.54) is 73.1 Å². The lowest BCUT2D eigenvalue weighted by molar-refractivity contribution is -0.146. The van der Waals surface area contributed by atoms with Gasteiger partial charge in [-0.25, -0.2) is 13.8 Å². The number of nitrogens with two attached hydrogens (primary N) is 1. The van der Waals surface area contributed by atoms with Crippen LogP contribution in [-0.2, 0) is 80.3 Å². The highest BCUT2D eigenvalue weighted by Crippen LogP contribution is 2.31. The monoisotopic (exact) mass is 1380 g/mol. The Hall–Kier alpha value is -9.12. The van der Waals surface area contributed by atoms with Gasteiger partial charge in [0, 0.05) is 96.4 Å². The predicted molar refractivity (Wildman–Crippen MR) is 371 cm³/mol. The summed E-state index contributed by atoms with van der Waals surface area (Å²) in [4.78, 5) is 146. The van der Waals surface area contributed by atoms with Crippen molar-refractivity contribution in [2.75, 3.05) is 37.7 Å². The van der Waals surface area contributed by atoms with Gasteiger partial charge in [0.25, 0.3) is 0 Å². The van der Waals surface area contributed by atoms with Crippen molar-refractivity contribution in [1.82, 2.24) is 67.4 Å². The molecule has 9 rings (SSSR count). The van der Waals surface area contributed by atoms with Gasteiger partial charge < -0.3 is 73.2 Å². The Balaban J connectivity index is 1.05. The van der Waals surface area contributed by atoms with Crippen molar-refractivity contribution in [3.63, 3.8) is 0 Å². The first-order valence-corrected chi connectivity index (χ1v) is 35.3. The molecular weight excluding hydrogens is 1300 g/mol. The summed E-state index contributed by atoms with van der Waals surface area (Å²) in [6, 6.07) is 13.3. The average molecular weight is 1390 g/mol. The molecule has 2 aliphatic rings. The zero-order chi connectivity index (χ0) is 69.9. The van der Waals surface area contributed by atoms with Crippen LogP contribution in [-0.4, -0.2) is 169 Å². The number of aliphatic carboxylic acids is 1. The summed E-state index contributed by atoms with van der Waals surface area (Å²) < 4.78 is 29.9. The van der Waals surface area contributed by atoms with E-state index in [-0.39, 0.29) is 37.4 Å². The first-order valence-electron chi connectivity index (χ1n) is 33.0. The van der Waals surface area contributed by atoms with E-state index in [1.807, 2.05) is 37.3 Å². The number of halogens is 2. The number of amides is 8. The van der Waals surface area contributed by atoms with Crippen molar-refractivity contribution >= 4 is 98.6 Å². The van der Waals surface area contributed by atoms with Crippen LogP contribution in [0.25, 0.3) is 21.8 Å². The molecule has 0 saturated carbocycles. The number of carbonyl (C=O) groups excluding carboxylic acids is 8. The molecule has 0 radical (unpaired) electrons. The maximum atomic E-state index is 15.2. The van der Waals surface area contributed by atoms with E-state index in [0.717, 1.165) is 28.2 Å². The molecule has 24 nitrogen and oxygen atoms in total. The molecule has 8 atom stereocenters. The van der Waals surface area contributed by atoms with Gasteiger partial charge in [-0.1, -0.05) is 60.5 Å². The second-order valence-electron chi connectivity index (χ2n) is 25.2. The van der Waals surface area contributed by atoms with Crippen molar-refractivity contribution < 1.29 is 57.0 Å². The third-order valence-corrected chi connectivity index (χ3v) is 19.8. The van der Waals surface area contributed by atoms with E-state index in [1.54, 1.807) is 30.4 Å². The molecule has 7 aromatic rings. The van der Waals surface area contributed by atoms with Gasteiger partial charge in [-0.15, -0.1) is 0 Å². The highest BCUT2D eigenvalue weighted by molar-refractivity contribution is 7.98. The van der Waals surface area contributed by atoms with Crippen molar-refractivity contribution in [1.29, 1.82) is 0 Å². The molecule has 4 aromatic carbocycles. The maximum absolute atomic E-state index is 15.2. The molecular formula is C70H86F2N14O10S2.